The molecule has 5 heteroatoms. The maximum absolute atomic E-state index is 11.2. The van der Waals surface area contributed by atoms with Crippen LogP contribution in [0.5, 0.6) is 0 Å². The summed E-state index contributed by atoms with van der Waals surface area (Å²) in [6.45, 7) is 4.15. The van der Waals surface area contributed by atoms with Crippen LogP contribution < -0.4 is 11.1 Å². The zero-order valence-electron chi connectivity index (χ0n) is 11.1. The lowest BCUT2D eigenvalue weighted by molar-refractivity contribution is -0.120. The normalized spacial score (nSPS) is 26.4. The summed E-state index contributed by atoms with van der Waals surface area (Å²) in [6.07, 6.45) is 5.99. The Bertz CT molecular complexity index is 261. The summed E-state index contributed by atoms with van der Waals surface area (Å²) < 4.78 is 5.77. The number of piperidine rings is 1. The van der Waals surface area contributed by atoms with Gasteiger partial charge in [0.2, 0.25) is 5.91 Å². The van der Waals surface area contributed by atoms with Crippen molar-refractivity contribution in [2.24, 2.45) is 5.73 Å². The topological polar surface area (TPSA) is 67.6 Å². The van der Waals surface area contributed by atoms with E-state index in [4.69, 9.17) is 10.5 Å². The highest BCUT2D eigenvalue weighted by Crippen LogP contribution is 2.18. The van der Waals surface area contributed by atoms with E-state index < -0.39 is 0 Å². The molecule has 0 aromatic carbocycles. The van der Waals surface area contributed by atoms with Crippen LogP contribution in [0.2, 0.25) is 0 Å². The summed E-state index contributed by atoms with van der Waals surface area (Å²) in [6, 6.07) is 0.476. The molecule has 5 nitrogen and oxygen atoms in total. The monoisotopic (exact) mass is 255 g/mol. The van der Waals surface area contributed by atoms with Crippen LogP contribution in [-0.2, 0) is 9.53 Å². The van der Waals surface area contributed by atoms with Crippen LogP contribution >= 0.6 is 0 Å². The van der Waals surface area contributed by atoms with Crippen molar-refractivity contribution in [2.45, 2.75) is 44.2 Å². The molecule has 3 N–H and O–H groups in total. The Morgan fingerprint density at radius 2 is 2.06 bits per heavy atom. The number of carbonyl (C=O) groups excluding carboxylic acids is 1. The van der Waals surface area contributed by atoms with Gasteiger partial charge in [-0.3, -0.25) is 9.69 Å². The molecule has 0 aliphatic carbocycles. The van der Waals surface area contributed by atoms with Crippen LogP contribution in [0.1, 0.15) is 32.1 Å². The van der Waals surface area contributed by atoms with Gasteiger partial charge in [-0.15, -0.1) is 0 Å². The van der Waals surface area contributed by atoms with Gasteiger partial charge in [-0.2, -0.15) is 0 Å². The van der Waals surface area contributed by atoms with Crippen LogP contribution in [0.4, 0.5) is 0 Å². The van der Waals surface area contributed by atoms with Crippen molar-refractivity contribution in [3.63, 3.8) is 0 Å². The van der Waals surface area contributed by atoms with Crippen molar-refractivity contribution in [3.05, 3.63) is 0 Å². The fourth-order valence-corrected chi connectivity index (χ4v) is 2.93. The number of nitrogens with one attached hydrogen (secondary N) is 1. The van der Waals surface area contributed by atoms with Gasteiger partial charge in [0, 0.05) is 19.2 Å². The van der Waals surface area contributed by atoms with E-state index in [1.165, 1.54) is 12.8 Å². The molecule has 1 unspecified atom stereocenters. The number of nitrogens with zero attached hydrogens (tertiary/aromatic N) is 1. The zero-order valence-corrected chi connectivity index (χ0v) is 11.1. The van der Waals surface area contributed by atoms with Crippen LogP contribution in [0, 0.1) is 0 Å². The first-order chi connectivity index (χ1) is 8.75. The first-order valence-corrected chi connectivity index (χ1v) is 7.10. The number of carbonyl (C=O) groups is 1. The fraction of sp³-hybridized carbons (Fsp3) is 0.923. The van der Waals surface area contributed by atoms with Gasteiger partial charge in [0.25, 0.3) is 0 Å². The van der Waals surface area contributed by atoms with Crippen molar-refractivity contribution in [1.29, 1.82) is 0 Å². The molecule has 2 heterocycles. The van der Waals surface area contributed by atoms with Gasteiger partial charge in [0.1, 0.15) is 0 Å². The molecule has 0 radical (unpaired) electrons. The quantitative estimate of drug-likeness (QED) is 0.731. The van der Waals surface area contributed by atoms with E-state index in [9.17, 15) is 4.79 Å². The van der Waals surface area contributed by atoms with Crippen molar-refractivity contribution >= 4 is 5.91 Å². The predicted octanol–water partition coefficient (Wildman–Crippen LogP) is 0.0948. The molecule has 2 rings (SSSR count). The van der Waals surface area contributed by atoms with E-state index in [-0.39, 0.29) is 12.0 Å². The molecule has 2 aliphatic rings. The molecule has 2 aliphatic heterocycles. The molecular weight excluding hydrogens is 230 g/mol. The molecule has 104 valence electrons. The van der Waals surface area contributed by atoms with Crippen LogP contribution in [0.3, 0.4) is 0 Å². The van der Waals surface area contributed by atoms with Crippen molar-refractivity contribution in [3.8, 4) is 0 Å². The van der Waals surface area contributed by atoms with Gasteiger partial charge in [-0.05, 0) is 45.2 Å². The van der Waals surface area contributed by atoms with Gasteiger partial charge >= 0.3 is 0 Å². The van der Waals surface area contributed by atoms with Crippen molar-refractivity contribution in [1.82, 2.24) is 10.2 Å². The molecule has 0 spiro atoms. The van der Waals surface area contributed by atoms with Crippen molar-refractivity contribution < 1.29 is 9.53 Å². The summed E-state index contributed by atoms with van der Waals surface area (Å²) >= 11 is 0. The zero-order chi connectivity index (χ0) is 12.8. The minimum atomic E-state index is -0.232. The molecule has 2 fully saturated rings. The highest BCUT2D eigenvalue weighted by molar-refractivity contribution is 5.75. The predicted molar refractivity (Wildman–Crippen MR) is 70.3 cm³/mol. The average molecular weight is 255 g/mol. The molecule has 0 aromatic heterocycles. The molecule has 0 aromatic rings. The Morgan fingerprint density at radius 3 is 2.67 bits per heavy atom. The second kappa shape index (κ2) is 7.07. The van der Waals surface area contributed by atoms with E-state index in [0.29, 0.717) is 12.6 Å². The lowest BCUT2D eigenvalue weighted by Gasteiger charge is -2.36. The molecule has 1 amide bonds. The Balaban J connectivity index is 1.88. The number of ether oxygens (including phenoxy) is 1. The van der Waals surface area contributed by atoms with Gasteiger partial charge in [-0.1, -0.05) is 0 Å². The third kappa shape index (κ3) is 4.23. The molecular formula is C13H25N3O2. The SMILES string of the molecule is NC(=O)CN(CC1CCCCO1)C1CCNCC1. The number of hydrogen-bond donors (Lipinski definition) is 2. The highest BCUT2D eigenvalue weighted by Gasteiger charge is 2.26. The minimum Gasteiger partial charge on any atom is -0.377 e. The first-order valence-electron chi connectivity index (χ1n) is 7.10. The third-order valence-electron chi connectivity index (χ3n) is 3.90. The molecule has 0 saturated carbocycles. The number of hydrogen-bond acceptors (Lipinski definition) is 4. The maximum Gasteiger partial charge on any atom is 0.231 e. The summed E-state index contributed by atoms with van der Waals surface area (Å²) in [4.78, 5) is 13.5. The lowest BCUT2D eigenvalue weighted by atomic mass is 10.0. The van der Waals surface area contributed by atoms with Crippen LogP contribution in [-0.4, -0.2) is 55.7 Å². The fourth-order valence-electron chi connectivity index (χ4n) is 2.93. The van der Waals surface area contributed by atoms with E-state index in [1.54, 1.807) is 0 Å². The van der Waals surface area contributed by atoms with Crippen LogP contribution in [0.25, 0.3) is 0 Å². The van der Waals surface area contributed by atoms with Gasteiger partial charge in [-0.25, -0.2) is 0 Å². The highest BCUT2D eigenvalue weighted by atomic mass is 16.5. The Morgan fingerprint density at radius 1 is 1.28 bits per heavy atom. The lowest BCUT2D eigenvalue weighted by Crippen LogP contribution is -2.49. The standard InChI is InChI=1S/C13H25N3O2/c14-13(17)10-16(11-4-6-15-7-5-11)9-12-3-1-2-8-18-12/h11-12,15H,1-10H2,(H2,14,17). The average Bonchev–Trinajstić information content (AvgIpc) is 2.40. The van der Waals surface area contributed by atoms with Gasteiger partial charge < -0.3 is 15.8 Å². The number of amides is 1. The number of primary amides is 1. The minimum absolute atomic E-state index is 0.232. The van der Waals surface area contributed by atoms with Crippen molar-refractivity contribution in [2.75, 3.05) is 32.8 Å². The molecule has 18 heavy (non-hydrogen) atoms. The van der Waals surface area contributed by atoms with E-state index >= 15 is 0 Å². The largest absolute Gasteiger partial charge is 0.377 e. The first kappa shape index (κ1) is 13.8. The number of rotatable bonds is 5. The second-order valence-electron chi connectivity index (χ2n) is 5.37. The summed E-state index contributed by atoms with van der Waals surface area (Å²) in [5.41, 5.74) is 5.37. The molecule has 0 bridgehead atoms. The van der Waals surface area contributed by atoms with E-state index in [0.717, 1.165) is 45.5 Å². The Hall–Kier alpha value is -0.650. The van der Waals surface area contributed by atoms with Gasteiger partial charge in [0.15, 0.2) is 0 Å². The number of nitrogens with two attached hydrogens (primary N) is 1. The van der Waals surface area contributed by atoms with E-state index in [1.807, 2.05) is 0 Å². The summed E-state index contributed by atoms with van der Waals surface area (Å²) in [5.74, 6) is -0.232. The van der Waals surface area contributed by atoms with Crippen LogP contribution in [0.15, 0.2) is 0 Å². The molecule has 2 saturated heterocycles. The summed E-state index contributed by atoms with van der Waals surface area (Å²) in [7, 11) is 0. The molecule has 1 atom stereocenters. The third-order valence-corrected chi connectivity index (χ3v) is 3.90. The van der Waals surface area contributed by atoms with E-state index in [2.05, 4.69) is 10.2 Å². The maximum atomic E-state index is 11.2. The Labute approximate surface area is 109 Å². The van der Waals surface area contributed by atoms with Gasteiger partial charge in [0.05, 0.1) is 12.6 Å². The Kier molecular flexibility index (Phi) is 5.41. The summed E-state index contributed by atoms with van der Waals surface area (Å²) in [5, 5.41) is 3.35. The smallest absolute Gasteiger partial charge is 0.231 e. The second-order valence-corrected chi connectivity index (χ2v) is 5.37.